The Labute approximate surface area is 65.1 Å². The van der Waals surface area contributed by atoms with Crippen LogP contribution in [0.15, 0.2) is 16.4 Å². The van der Waals surface area contributed by atoms with Crippen LogP contribution in [0.1, 0.15) is 0 Å². The molecule has 4 nitrogen and oxygen atoms in total. The molecular weight excluding hydrogens is 164 g/mol. The van der Waals surface area contributed by atoms with E-state index in [2.05, 4.69) is 9.97 Å². The smallest absolute Gasteiger partial charge is 0.252 e. The fraction of sp³-hybridized carbons (Fsp3) is 0. The molecular formula is C6H4N2O2S. The van der Waals surface area contributed by atoms with Gasteiger partial charge >= 0.3 is 0 Å². The van der Waals surface area contributed by atoms with Crippen LogP contribution in [-0.4, -0.2) is 15.1 Å². The van der Waals surface area contributed by atoms with E-state index < -0.39 is 0 Å². The number of rotatable bonds is 0. The Bertz CT molecular complexity index is 445. The van der Waals surface area contributed by atoms with Crippen molar-refractivity contribution in [2.75, 3.05) is 0 Å². The first-order valence-electron chi connectivity index (χ1n) is 2.93. The summed E-state index contributed by atoms with van der Waals surface area (Å²) in [4.78, 5) is 17.8. The Balaban J connectivity index is 3.02. The molecule has 0 unspecified atom stereocenters. The van der Waals surface area contributed by atoms with E-state index in [4.69, 9.17) is 5.11 Å². The van der Waals surface area contributed by atoms with Crippen LogP contribution >= 0.6 is 11.3 Å². The van der Waals surface area contributed by atoms with E-state index in [1.165, 1.54) is 11.3 Å². The summed E-state index contributed by atoms with van der Waals surface area (Å²) in [7, 11) is 0. The van der Waals surface area contributed by atoms with Crippen molar-refractivity contribution in [3.05, 3.63) is 21.9 Å². The number of H-pyrrole nitrogens is 1. The van der Waals surface area contributed by atoms with Crippen molar-refractivity contribution in [2.24, 2.45) is 0 Å². The molecule has 2 rings (SSSR count). The molecule has 0 spiro atoms. The molecule has 11 heavy (non-hydrogen) atoms. The predicted molar refractivity (Wildman–Crippen MR) is 41.9 cm³/mol. The van der Waals surface area contributed by atoms with Gasteiger partial charge in [0.15, 0.2) is 0 Å². The lowest BCUT2D eigenvalue weighted by Crippen LogP contribution is -2.01. The van der Waals surface area contributed by atoms with E-state index in [1.807, 2.05) is 0 Å². The fourth-order valence-corrected chi connectivity index (χ4v) is 1.55. The van der Waals surface area contributed by atoms with Crippen molar-refractivity contribution >= 4 is 21.7 Å². The lowest BCUT2D eigenvalue weighted by molar-refractivity contribution is 0.479. The largest absolute Gasteiger partial charge is 0.505 e. The maximum atomic E-state index is 10.8. The van der Waals surface area contributed by atoms with E-state index in [1.54, 1.807) is 5.51 Å². The van der Waals surface area contributed by atoms with Crippen LogP contribution in [0.2, 0.25) is 0 Å². The van der Waals surface area contributed by atoms with Gasteiger partial charge in [-0.15, -0.1) is 11.3 Å². The Morgan fingerprint density at radius 3 is 3.27 bits per heavy atom. The molecule has 2 heterocycles. The van der Waals surface area contributed by atoms with Crippen molar-refractivity contribution in [3.8, 4) is 5.75 Å². The van der Waals surface area contributed by atoms with Gasteiger partial charge in [0.25, 0.3) is 5.56 Å². The molecule has 0 bridgehead atoms. The normalized spacial score (nSPS) is 10.5. The van der Waals surface area contributed by atoms with Crippen molar-refractivity contribution in [3.63, 3.8) is 0 Å². The number of aromatic amines is 1. The maximum absolute atomic E-state index is 10.8. The lowest BCUT2D eigenvalue weighted by atomic mass is 10.4. The van der Waals surface area contributed by atoms with Crippen LogP contribution in [-0.2, 0) is 0 Å². The van der Waals surface area contributed by atoms with Crippen LogP contribution < -0.4 is 5.56 Å². The highest BCUT2D eigenvalue weighted by Gasteiger charge is 2.02. The number of thiazole rings is 1. The third kappa shape index (κ3) is 0.894. The standard InChI is InChI=1S/C6H4N2O2S/c9-3-1-4(10)8-6-5(3)7-2-11-6/h1-2H,(H2,8,9,10). The van der Waals surface area contributed by atoms with E-state index in [-0.39, 0.29) is 11.3 Å². The molecule has 0 aliphatic heterocycles. The number of nitrogens with zero attached hydrogens (tertiary/aromatic N) is 1. The number of aromatic nitrogens is 2. The number of hydrogen-bond donors (Lipinski definition) is 2. The summed E-state index contributed by atoms with van der Waals surface area (Å²) < 4.78 is 0. The average Bonchev–Trinajstić information content (AvgIpc) is 2.34. The first-order valence-corrected chi connectivity index (χ1v) is 3.81. The van der Waals surface area contributed by atoms with Gasteiger partial charge in [-0.1, -0.05) is 0 Å². The molecule has 0 aliphatic rings. The van der Waals surface area contributed by atoms with Gasteiger partial charge in [-0.3, -0.25) is 4.79 Å². The maximum Gasteiger partial charge on any atom is 0.252 e. The second-order valence-electron chi connectivity index (χ2n) is 2.05. The lowest BCUT2D eigenvalue weighted by Gasteiger charge is -1.89. The zero-order chi connectivity index (χ0) is 7.84. The zero-order valence-electron chi connectivity index (χ0n) is 5.37. The van der Waals surface area contributed by atoms with Gasteiger partial charge in [-0.2, -0.15) is 0 Å². The first-order chi connectivity index (χ1) is 5.27. The Morgan fingerprint density at radius 2 is 2.45 bits per heavy atom. The molecule has 0 saturated carbocycles. The molecule has 0 atom stereocenters. The number of nitrogens with one attached hydrogen (secondary N) is 1. The minimum absolute atomic E-state index is 0.0648. The number of fused-ring (bicyclic) bond motifs is 1. The van der Waals surface area contributed by atoms with Crippen LogP contribution in [0.25, 0.3) is 10.3 Å². The molecule has 0 radical (unpaired) electrons. The van der Waals surface area contributed by atoms with Gasteiger partial charge in [-0.05, 0) is 0 Å². The Morgan fingerprint density at radius 1 is 1.64 bits per heavy atom. The predicted octanol–water partition coefficient (Wildman–Crippen LogP) is 0.690. The van der Waals surface area contributed by atoms with Crippen molar-refractivity contribution in [1.29, 1.82) is 0 Å². The minimum Gasteiger partial charge on any atom is -0.505 e. The highest BCUT2D eigenvalue weighted by Crippen LogP contribution is 2.21. The van der Waals surface area contributed by atoms with Gasteiger partial charge < -0.3 is 10.1 Å². The summed E-state index contributed by atoms with van der Waals surface area (Å²) in [6.07, 6.45) is 0. The summed E-state index contributed by atoms with van der Waals surface area (Å²) in [6.45, 7) is 0. The fourth-order valence-electron chi connectivity index (χ4n) is 0.858. The quantitative estimate of drug-likeness (QED) is 0.608. The highest BCUT2D eigenvalue weighted by atomic mass is 32.1. The molecule has 2 aromatic rings. The van der Waals surface area contributed by atoms with Crippen LogP contribution in [0, 0.1) is 0 Å². The molecule has 2 N–H and O–H groups in total. The molecule has 0 amide bonds. The summed E-state index contributed by atoms with van der Waals surface area (Å²) in [5.41, 5.74) is 1.72. The minimum atomic E-state index is -0.306. The highest BCUT2D eigenvalue weighted by molar-refractivity contribution is 7.16. The van der Waals surface area contributed by atoms with Gasteiger partial charge in [0.2, 0.25) is 0 Å². The van der Waals surface area contributed by atoms with Crippen LogP contribution in [0.3, 0.4) is 0 Å². The molecule has 0 fully saturated rings. The Kier molecular flexibility index (Phi) is 1.19. The van der Waals surface area contributed by atoms with Gasteiger partial charge in [0.1, 0.15) is 16.1 Å². The summed E-state index contributed by atoms with van der Waals surface area (Å²) in [5.74, 6) is -0.0648. The van der Waals surface area contributed by atoms with Gasteiger partial charge in [0, 0.05) is 6.07 Å². The average molecular weight is 168 g/mol. The third-order valence-electron chi connectivity index (χ3n) is 1.31. The molecule has 56 valence electrons. The topological polar surface area (TPSA) is 66.0 Å². The molecule has 5 heteroatoms. The van der Waals surface area contributed by atoms with Crippen LogP contribution in [0.5, 0.6) is 5.75 Å². The van der Waals surface area contributed by atoms with E-state index in [9.17, 15) is 4.79 Å². The molecule has 0 saturated heterocycles. The molecule has 0 aliphatic carbocycles. The second kappa shape index (κ2) is 2.06. The summed E-state index contributed by atoms with van der Waals surface area (Å²) >= 11 is 1.29. The van der Waals surface area contributed by atoms with Crippen molar-refractivity contribution in [2.45, 2.75) is 0 Å². The summed E-state index contributed by atoms with van der Waals surface area (Å²) in [6, 6.07) is 1.11. The van der Waals surface area contributed by atoms with E-state index in [0.717, 1.165) is 6.07 Å². The zero-order valence-corrected chi connectivity index (χ0v) is 6.18. The van der Waals surface area contributed by atoms with Crippen molar-refractivity contribution in [1.82, 2.24) is 9.97 Å². The first kappa shape index (κ1) is 6.36. The van der Waals surface area contributed by atoms with Gasteiger partial charge in [-0.25, -0.2) is 4.98 Å². The number of pyridine rings is 1. The summed E-state index contributed by atoms with van der Waals surface area (Å²) in [5, 5.41) is 9.17. The SMILES string of the molecule is O=c1cc(O)c2ncsc2[nH]1. The monoisotopic (exact) mass is 168 g/mol. The van der Waals surface area contributed by atoms with Crippen LogP contribution in [0.4, 0.5) is 0 Å². The molecule has 2 aromatic heterocycles. The van der Waals surface area contributed by atoms with Gasteiger partial charge in [0.05, 0.1) is 5.51 Å². The van der Waals surface area contributed by atoms with Crippen molar-refractivity contribution < 1.29 is 5.11 Å². The van der Waals surface area contributed by atoms with E-state index in [0.29, 0.717) is 10.3 Å². The molecule has 0 aromatic carbocycles. The second-order valence-corrected chi connectivity index (χ2v) is 2.90. The Hall–Kier alpha value is -1.36. The number of aromatic hydroxyl groups is 1. The third-order valence-corrected chi connectivity index (χ3v) is 2.06. The number of hydrogen-bond acceptors (Lipinski definition) is 4. The van der Waals surface area contributed by atoms with E-state index >= 15 is 0 Å².